The number of fused-ring (bicyclic) bond motifs is 1. The first-order valence-corrected chi connectivity index (χ1v) is 8.50. The van der Waals surface area contributed by atoms with Crippen molar-refractivity contribution in [2.75, 3.05) is 26.1 Å². The van der Waals surface area contributed by atoms with Crippen molar-refractivity contribution in [3.05, 3.63) is 47.5 Å². The Balaban J connectivity index is 1.64. The highest BCUT2D eigenvalue weighted by atomic mass is 16.7. The lowest BCUT2D eigenvalue weighted by molar-refractivity contribution is -0.139. The van der Waals surface area contributed by atoms with Gasteiger partial charge in [0.2, 0.25) is 6.29 Å². The van der Waals surface area contributed by atoms with Crippen molar-refractivity contribution in [3.63, 3.8) is 0 Å². The molecule has 0 saturated carbocycles. The molecule has 0 bridgehead atoms. The van der Waals surface area contributed by atoms with Gasteiger partial charge in [-0.15, -0.1) is 0 Å². The molecule has 9 heteroatoms. The minimum atomic E-state index is -0.608. The molecule has 1 saturated heterocycles. The fourth-order valence-electron chi connectivity index (χ4n) is 2.99. The Labute approximate surface area is 155 Å². The van der Waals surface area contributed by atoms with Crippen molar-refractivity contribution in [1.29, 1.82) is 0 Å². The first-order chi connectivity index (χ1) is 13.1. The molecule has 0 unspecified atom stereocenters. The van der Waals surface area contributed by atoms with Crippen LogP contribution in [0.3, 0.4) is 0 Å². The maximum atomic E-state index is 11.5. The Morgan fingerprint density at radius 2 is 2.07 bits per heavy atom. The van der Waals surface area contributed by atoms with Crippen LogP contribution in [-0.2, 0) is 32.0 Å². The van der Waals surface area contributed by atoms with E-state index in [0.717, 1.165) is 11.1 Å². The molecule has 4 rings (SSSR count). The molecule has 2 N–H and O–H groups in total. The number of rotatable bonds is 5. The van der Waals surface area contributed by atoms with Gasteiger partial charge in [0.25, 0.3) is 0 Å². The number of nitrogens with two attached hydrogens (primary N) is 1. The van der Waals surface area contributed by atoms with Gasteiger partial charge in [-0.1, -0.05) is 24.3 Å². The summed E-state index contributed by atoms with van der Waals surface area (Å²) in [5.74, 6) is 0.396. The van der Waals surface area contributed by atoms with Gasteiger partial charge < -0.3 is 24.5 Å². The molecule has 0 radical (unpaired) electrons. The van der Waals surface area contributed by atoms with E-state index in [1.807, 2.05) is 28.8 Å². The van der Waals surface area contributed by atoms with Crippen molar-refractivity contribution in [2.24, 2.45) is 0 Å². The molecule has 0 aliphatic carbocycles. The lowest BCUT2D eigenvalue weighted by Crippen LogP contribution is -2.09. The second kappa shape index (κ2) is 7.29. The minimum absolute atomic E-state index is 0.227. The van der Waals surface area contributed by atoms with Crippen LogP contribution < -0.4 is 5.73 Å². The molecule has 1 aromatic carbocycles. The molecule has 3 aromatic rings. The predicted molar refractivity (Wildman–Crippen MR) is 95.6 cm³/mol. The van der Waals surface area contributed by atoms with Crippen LogP contribution in [0, 0.1) is 0 Å². The highest BCUT2D eigenvalue weighted by Gasteiger charge is 2.23. The maximum absolute atomic E-state index is 11.5. The largest absolute Gasteiger partial charge is 0.469 e. The quantitative estimate of drug-likeness (QED) is 0.668. The summed E-state index contributed by atoms with van der Waals surface area (Å²) < 4.78 is 17.5. The van der Waals surface area contributed by atoms with Crippen LogP contribution in [0.2, 0.25) is 0 Å². The molecule has 1 aliphatic rings. The number of carbonyl (C=O) groups excluding carboxylic acids is 1. The minimum Gasteiger partial charge on any atom is -0.469 e. The van der Waals surface area contributed by atoms with Crippen LogP contribution in [-0.4, -0.2) is 45.8 Å². The zero-order valence-electron chi connectivity index (χ0n) is 14.8. The van der Waals surface area contributed by atoms with Crippen LogP contribution in [0.15, 0.2) is 30.6 Å². The van der Waals surface area contributed by atoms with Gasteiger partial charge in [-0.05, 0) is 11.1 Å². The molecule has 140 valence electrons. The molecule has 2 aromatic heterocycles. The molecule has 0 atom stereocenters. The molecule has 0 spiro atoms. The van der Waals surface area contributed by atoms with E-state index in [4.69, 9.17) is 19.9 Å². The molecule has 1 fully saturated rings. The van der Waals surface area contributed by atoms with Gasteiger partial charge in [-0.2, -0.15) is 0 Å². The zero-order chi connectivity index (χ0) is 18.8. The van der Waals surface area contributed by atoms with Gasteiger partial charge in [0, 0.05) is 0 Å². The molecule has 1 aliphatic heterocycles. The summed E-state index contributed by atoms with van der Waals surface area (Å²) in [4.78, 5) is 24.6. The third-order valence-electron chi connectivity index (χ3n) is 4.26. The molecule has 27 heavy (non-hydrogen) atoms. The summed E-state index contributed by atoms with van der Waals surface area (Å²) in [5.41, 5.74) is 9.06. The summed E-state index contributed by atoms with van der Waals surface area (Å²) >= 11 is 0. The molecule has 3 heterocycles. The molecule has 9 nitrogen and oxygen atoms in total. The van der Waals surface area contributed by atoms with Crippen LogP contribution >= 0.6 is 0 Å². The average Bonchev–Trinajstić information content (AvgIpc) is 3.33. The second-order valence-electron chi connectivity index (χ2n) is 6.16. The van der Waals surface area contributed by atoms with Crippen molar-refractivity contribution in [3.8, 4) is 0 Å². The predicted octanol–water partition coefficient (Wildman–Crippen LogP) is 1.22. The average molecular weight is 369 g/mol. The fourth-order valence-corrected chi connectivity index (χ4v) is 2.99. The number of benzene rings is 1. The molecular weight excluding hydrogens is 350 g/mol. The molecule has 0 amide bonds. The van der Waals surface area contributed by atoms with Crippen LogP contribution in [0.4, 0.5) is 5.82 Å². The Morgan fingerprint density at radius 3 is 2.85 bits per heavy atom. The fraction of sp³-hybridized carbons (Fsp3) is 0.333. The van der Waals surface area contributed by atoms with Gasteiger partial charge in [0.15, 0.2) is 17.3 Å². The van der Waals surface area contributed by atoms with Gasteiger partial charge in [0.05, 0.1) is 39.6 Å². The topological polar surface area (TPSA) is 114 Å². The first-order valence-electron chi connectivity index (χ1n) is 8.50. The highest BCUT2D eigenvalue weighted by Crippen LogP contribution is 2.24. The Hall–Kier alpha value is -3.04. The Bertz CT molecular complexity index is 981. The summed E-state index contributed by atoms with van der Waals surface area (Å²) in [5, 5.41) is 0. The number of methoxy groups -OCH3 is 1. The number of esters is 1. The van der Waals surface area contributed by atoms with E-state index < -0.39 is 6.29 Å². The van der Waals surface area contributed by atoms with E-state index in [-0.39, 0.29) is 18.2 Å². The van der Waals surface area contributed by atoms with E-state index >= 15 is 0 Å². The third-order valence-corrected chi connectivity index (χ3v) is 4.26. The number of nitrogen functional groups attached to an aromatic ring is 1. The lowest BCUT2D eigenvalue weighted by Gasteiger charge is -2.10. The smallest absolute Gasteiger partial charge is 0.309 e. The van der Waals surface area contributed by atoms with Crippen molar-refractivity contribution >= 4 is 23.0 Å². The Kier molecular flexibility index (Phi) is 4.69. The number of anilines is 1. The van der Waals surface area contributed by atoms with Gasteiger partial charge in [-0.25, -0.2) is 15.0 Å². The van der Waals surface area contributed by atoms with E-state index in [1.165, 1.54) is 7.11 Å². The van der Waals surface area contributed by atoms with Gasteiger partial charge in [0.1, 0.15) is 5.52 Å². The number of carbonyl (C=O) groups is 1. The van der Waals surface area contributed by atoms with Crippen molar-refractivity contribution in [2.45, 2.75) is 19.3 Å². The summed E-state index contributed by atoms with van der Waals surface area (Å²) in [6.07, 6.45) is 1.29. The van der Waals surface area contributed by atoms with E-state index in [9.17, 15) is 4.79 Å². The molecular formula is C18H19N5O4. The van der Waals surface area contributed by atoms with Crippen LogP contribution in [0.25, 0.3) is 11.2 Å². The summed E-state index contributed by atoms with van der Waals surface area (Å²) in [7, 11) is 1.38. The monoisotopic (exact) mass is 369 g/mol. The number of imidazole rings is 1. The van der Waals surface area contributed by atoms with E-state index in [1.54, 1.807) is 6.33 Å². The van der Waals surface area contributed by atoms with Crippen molar-refractivity contribution < 1.29 is 19.0 Å². The van der Waals surface area contributed by atoms with Crippen molar-refractivity contribution in [1.82, 2.24) is 19.5 Å². The van der Waals surface area contributed by atoms with E-state index in [0.29, 0.717) is 36.7 Å². The Morgan fingerprint density at radius 1 is 1.30 bits per heavy atom. The van der Waals surface area contributed by atoms with Gasteiger partial charge in [-0.3, -0.25) is 4.79 Å². The van der Waals surface area contributed by atoms with Gasteiger partial charge >= 0.3 is 5.97 Å². The van der Waals surface area contributed by atoms with Crippen LogP contribution in [0.5, 0.6) is 0 Å². The number of aromatic nitrogens is 4. The lowest BCUT2D eigenvalue weighted by atomic mass is 10.1. The maximum Gasteiger partial charge on any atom is 0.309 e. The first kappa shape index (κ1) is 17.4. The normalized spacial score (nSPS) is 14.7. The number of hydrogen-bond donors (Lipinski definition) is 1. The standard InChI is InChI=1S/C18H19N5O4/c1-25-13(24)8-11-3-2-4-12(7-11)9-23-10-20-14-15(19)21-16(22-17(14)23)18-26-5-6-27-18/h2-4,7,10,18H,5-6,8-9H2,1H3,(H2,19,21,22). The third kappa shape index (κ3) is 3.60. The van der Waals surface area contributed by atoms with Crippen LogP contribution in [0.1, 0.15) is 23.2 Å². The summed E-state index contributed by atoms with van der Waals surface area (Å²) in [6, 6.07) is 7.72. The number of nitrogens with zero attached hydrogens (tertiary/aromatic N) is 4. The summed E-state index contributed by atoms with van der Waals surface area (Å²) in [6.45, 7) is 1.52. The highest BCUT2D eigenvalue weighted by molar-refractivity contribution is 5.81. The zero-order valence-corrected chi connectivity index (χ0v) is 14.8. The number of ether oxygens (including phenoxy) is 3. The second-order valence-corrected chi connectivity index (χ2v) is 6.16. The SMILES string of the molecule is COC(=O)Cc1cccc(Cn2cnc3c(N)nc(C4OCCO4)nc32)c1. The number of hydrogen-bond acceptors (Lipinski definition) is 8. The van der Waals surface area contributed by atoms with E-state index in [2.05, 4.69) is 15.0 Å².